The van der Waals surface area contributed by atoms with Crippen LogP contribution in [0.2, 0.25) is 0 Å². The molecule has 0 aromatic heterocycles. The van der Waals surface area contributed by atoms with Crippen molar-refractivity contribution in [1.29, 1.82) is 0 Å². The first kappa shape index (κ1) is 17.8. The van der Waals surface area contributed by atoms with Crippen molar-refractivity contribution in [2.45, 2.75) is 77.9 Å². The molecule has 23 heavy (non-hydrogen) atoms. The molecule has 0 radical (unpaired) electrons. The number of likely N-dealkylation sites (tertiary alicyclic amines) is 1. The highest BCUT2D eigenvalue weighted by atomic mass is 16.2. The van der Waals surface area contributed by atoms with Crippen LogP contribution in [0.4, 0.5) is 4.79 Å². The molecule has 6 heteroatoms. The SMILES string of the molecule is CC(C)C[C@]1(C)NC(=O)N(CC(=O)N2[C@H](C)CCC[C@@H]2C)C1=O. The van der Waals surface area contributed by atoms with Crippen molar-refractivity contribution in [3.63, 3.8) is 0 Å². The lowest BCUT2D eigenvalue weighted by Gasteiger charge is -2.39. The Labute approximate surface area is 138 Å². The standard InChI is InChI=1S/C17H29N3O3/c1-11(2)9-17(5)15(22)19(16(23)18-17)10-14(21)20-12(3)7-6-8-13(20)4/h11-13H,6-10H2,1-5H3,(H,18,23)/t12-,13+,17-/m0/s1. The summed E-state index contributed by atoms with van der Waals surface area (Å²) >= 11 is 0. The second kappa shape index (κ2) is 6.49. The second-order valence-electron chi connectivity index (χ2n) is 7.68. The highest BCUT2D eigenvalue weighted by Crippen LogP contribution is 2.26. The molecule has 0 spiro atoms. The number of imide groups is 1. The van der Waals surface area contributed by atoms with Gasteiger partial charge in [0.05, 0.1) is 0 Å². The lowest BCUT2D eigenvalue weighted by Crippen LogP contribution is -2.52. The Kier molecular flexibility index (Phi) is 5.01. The van der Waals surface area contributed by atoms with Crippen LogP contribution >= 0.6 is 0 Å². The van der Waals surface area contributed by atoms with E-state index in [1.807, 2.05) is 32.6 Å². The van der Waals surface area contributed by atoms with Crippen LogP contribution in [0, 0.1) is 5.92 Å². The van der Waals surface area contributed by atoms with E-state index in [2.05, 4.69) is 5.32 Å². The van der Waals surface area contributed by atoms with Crippen LogP contribution in [0.15, 0.2) is 0 Å². The maximum atomic E-state index is 12.7. The van der Waals surface area contributed by atoms with E-state index < -0.39 is 11.6 Å². The molecular weight excluding hydrogens is 294 g/mol. The van der Waals surface area contributed by atoms with Crippen molar-refractivity contribution in [2.24, 2.45) is 5.92 Å². The number of urea groups is 1. The summed E-state index contributed by atoms with van der Waals surface area (Å²) in [6.45, 7) is 9.66. The molecule has 3 atom stereocenters. The third kappa shape index (κ3) is 3.51. The normalized spacial score (nSPS) is 31.7. The number of carbonyl (C=O) groups is 3. The number of rotatable bonds is 4. The maximum Gasteiger partial charge on any atom is 0.325 e. The summed E-state index contributed by atoms with van der Waals surface area (Å²) in [5.74, 6) is -0.147. The van der Waals surface area contributed by atoms with Crippen LogP contribution in [0.1, 0.15) is 60.3 Å². The van der Waals surface area contributed by atoms with E-state index in [1.54, 1.807) is 6.92 Å². The third-order valence-corrected chi connectivity index (χ3v) is 4.94. The summed E-state index contributed by atoms with van der Waals surface area (Å²) in [5, 5.41) is 2.76. The van der Waals surface area contributed by atoms with Crippen molar-refractivity contribution in [1.82, 2.24) is 15.1 Å². The van der Waals surface area contributed by atoms with Crippen LogP contribution < -0.4 is 5.32 Å². The van der Waals surface area contributed by atoms with Gasteiger partial charge >= 0.3 is 6.03 Å². The first-order chi connectivity index (χ1) is 10.7. The van der Waals surface area contributed by atoms with Gasteiger partial charge in [-0.1, -0.05) is 13.8 Å². The molecule has 2 aliphatic rings. The van der Waals surface area contributed by atoms with Crippen molar-refractivity contribution in [3.05, 3.63) is 0 Å². The summed E-state index contributed by atoms with van der Waals surface area (Å²) in [6.07, 6.45) is 3.63. The summed E-state index contributed by atoms with van der Waals surface area (Å²) in [7, 11) is 0. The minimum Gasteiger partial charge on any atom is -0.336 e. The molecule has 0 unspecified atom stereocenters. The molecule has 1 N–H and O–H groups in total. The molecule has 2 saturated heterocycles. The number of carbonyl (C=O) groups excluding carboxylic acids is 3. The van der Waals surface area contributed by atoms with E-state index >= 15 is 0 Å². The van der Waals surface area contributed by atoms with E-state index in [0.717, 1.165) is 24.2 Å². The Morgan fingerprint density at radius 1 is 1.26 bits per heavy atom. The van der Waals surface area contributed by atoms with Gasteiger partial charge in [-0.3, -0.25) is 14.5 Å². The fourth-order valence-corrected chi connectivity index (χ4v) is 3.98. The predicted octanol–water partition coefficient (Wildman–Crippen LogP) is 2.13. The highest BCUT2D eigenvalue weighted by molar-refractivity contribution is 6.08. The van der Waals surface area contributed by atoms with E-state index in [4.69, 9.17) is 0 Å². The first-order valence-corrected chi connectivity index (χ1v) is 8.61. The molecule has 6 nitrogen and oxygen atoms in total. The molecule has 2 fully saturated rings. The molecule has 4 amide bonds. The molecule has 130 valence electrons. The van der Waals surface area contributed by atoms with Crippen LogP contribution in [0.5, 0.6) is 0 Å². The predicted molar refractivity (Wildman–Crippen MR) is 87.7 cm³/mol. The molecule has 2 rings (SSSR count). The van der Waals surface area contributed by atoms with Crippen molar-refractivity contribution < 1.29 is 14.4 Å². The van der Waals surface area contributed by atoms with Crippen LogP contribution in [0.3, 0.4) is 0 Å². The van der Waals surface area contributed by atoms with Crippen LogP contribution in [0.25, 0.3) is 0 Å². The molecule has 0 saturated carbocycles. The number of nitrogens with one attached hydrogen (secondary N) is 1. The zero-order valence-corrected chi connectivity index (χ0v) is 14.9. The zero-order valence-electron chi connectivity index (χ0n) is 14.9. The van der Waals surface area contributed by atoms with Gasteiger partial charge in [0.15, 0.2) is 0 Å². The van der Waals surface area contributed by atoms with Gasteiger partial charge in [-0.2, -0.15) is 0 Å². The van der Waals surface area contributed by atoms with Gasteiger partial charge in [0, 0.05) is 12.1 Å². The van der Waals surface area contributed by atoms with E-state index in [-0.39, 0.29) is 36.4 Å². The smallest absolute Gasteiger partial charge is 0.325 e. The number of hydrogen-bond donors (Lipinski definition) is 1. The third-order valence-electron chi connectivity index (χ3n) is 4.94. The quantitative estimate of drug-likeness (QED) is 0.806. The monoisotopic (exact) mass is 323 g/mol. The van der Waals surface area contributed by atoms with Crippen molar-refractivity contribution in [3.8, 4) is 0 Å². The van der Waals surface area contributed by atoms with Gasteiger partial charge in [-0.25, -0.2) is 4.79 Å². The Morgan fingerprint density at radius 3 is 2.35 bits per heavy atom. The molecule has 0 aromatic carbocycles. The lowest BCUT2D eigenvalue weighted by atomic mass is 9.91. The van der Waals surface area contributed by atoms with Crippen molar-refractivity contribution in [2.75, 3.05) is 6.54 Å². The summed E-state index contributed by atoms with van der Waals surface area (Å²) < 4.78 is 0. The van der Waals surface area contributed by atoms with Gasteiger partial charge in [0.1, 0.15) is 12.1 Å². The van der Waals surface area contributed by atoms with Crippen molar-refractivity contribution >= 4 is 17.8 Å². The fraction of sp³-hybridized carbons (Fsp3) is 0.824. The number of amides is 4. The molecule has 2 aliphatic heterocycles. The van der Waals surface area contributed by atoms with Crippen LogP contribution in [-0.2, 0) is 9.59 Å². The van der Waals surface area contributed by atoms with Gasteiger partial charge in [-0.15, -0.1) is 0 Å². The number of nitrogens with zero attached hydrogens (tertiary/aromatic N) is 2. The summed E-state index contributed by atoms with van der Waals surface area (Å²) in [6, 6.07) is -0.132. The average molecular weight is 323 g/mol. The molecule has 0 aromatic rings. The van der Waals surface area contributed by atoms with E-state index in [0.29, 0.717) is 6.42 Å². The number of hydrogen-bond acceptors (Lipinski definition) is 3. The molecule has 2 heterocycles. The lowest BCUT2D eigenvalue weighted by molar-refractivity contribution is -0.142. The van der Waals surface area contributed by atoms with E-state index in [1.165, 1.54) is 0 Å². The minimum atomic E-state index is -0.898. The maximum absolute atomic E-state index is 12.7. The highest BCUT2D eigenvalue weighted by Gasteiger charge is 2.49. The summed E-state index contributed by atoms with van der Waals surface area (Å²) in [4.78, 5) is 40.4. The second-order valence-corrected chi connectivity index (χ2v) is 7.68. The molecule has 0 aliphatic carbocycles. The largest absolute Gasteiger partial charge is 0.336 e. The van der Waals surface area contributed by atoms with Gasteiger partial charge in [0.2, 0.25) is 5.91 Å². The molecular formula is C17H29N3O3. The van der Waals surface area contributed by atoms with Gasteiger partial charge in [-0.05, 0) is 52.4 Å². The average Bonchev–Trinajstić information content (AvgIpc) is 2.61. The summed E-state index contributed by atoms with van der Waals surface area (Å²) in [5.41, 5.74) is -0.898. The zero-order chi connectivity index (χ0) is 17.4. The Balaban J connectivity index is 2.09. The Hall–Kier alpha value is -1.59. The van der Waals surface area contributed by atoms with Crippen LogP contribution in [-0.4, -0.2) is 51.8 Å². The number of piperidine rings is 1. The molecule has 0 bridgehead atoms. The van der Waals surface area contributed by atoms with Gasteiger partial charge < -0.3 is 10.2 Å². The minimum absolute atomic E-state index is 0.137. The Morgan fingerprint density at radius 2 is 1.83 bits per heavy atom. The fourth-order valence-electron chi connectivity index (χ4n) is 3.98. The van der Waals surface area contributed by atoms with Gasteiger partial charge in [0.25, 0.3) is 5.91 Å². The topological polar surface area (TPSA) is 69.7 Å². The van der Waals surface area contributed by atoms with E-state index in [9.17, 15) is 14.4 Å². The first-order valence-electron chi connectivity index (χ1n) is 8.61. The Bertz CT molecular complexity index is 495.